The number of anilines is 3. The van der Waals surface area contributed by atoms with Gasteiger partial charge in [-0.05, 0) is 103 Å². The third-order valence-corrected chi connectivity index (χ3v) is 13.7. The minimum absolute atomic E-state index is 0.382. The first-order chi connectivity index (χ1) is 29.3. The molecule has 2 heteroatoms. The minimum atomic E-state index is -0.382. The Morgan fingerprint density at radius 3 is 1.69 bits per heavy atom. The molecule has 0 radical (unpaired) electrons. The van der Waals surface area contributed by atoms with Crippen molar-refractivity contribution in [2.75, 3.05) is 4.90 Å². The fourth-order valence-corrected chi connectivity index (χ4v) is 11.4. The average Bonchev–Trinajstić information content (AvgIpc) is 3.91. The van der Waals surface area contributed by atoms with E-state index in [9.17, 15) is 0 Å². The van der Waals surface area contributed by atoms with Gasteiger partial charge in [0, 0.05) is 38.3 Å². The highest BCUT2D eigenvalue weighted by Gasteiger charge is 2.51. The summed E-state index contributed by atoms with van der Waals surface area (Å²) in [5.41, 5.74) is 17.4. The van der Waals surface area contributed by atoms with Crippen molar-refractivity contribution in [3.63, 3.8) is 0 Å². The molecule has 59 heavy (non-hydrogen) atoms. The van der Waals surface area contributed by atoms with E-state index >= 15 is 0 Å². The number of para-hydroxylation sites is 1. The van der Waals surface area contributed by atoms with Crippen LogP contribution in [-0.4, -0.2) is 4.40 Å². The van der Waals surface area contributed by atoms with Crippen molar-refractivity contribution in [2.45, 2.75) is 5.41 Å². The van der Waals surface area contributed by atoms with Crippen LogP contribution >= 0.6 is 0 Å². The fourth-order valence-electron chi connectivity index (χ4n) is 11.4. The molecule has 0 amide bonds. The Morgan fingerprint density at radius 1 is 0.339 bits per heavy atom. The maximum atomic E-state index is 2.50. The van der Waals surface area contributed by atoms with Gasteiger partial charge >= 0.3 is 0 Å². The van der Waals surface area contributed by atoms with Crippen molar-refractivity contribution < 1.29 is 0 Å². The van der Waals surface area contributed by atoms with E-state index in [0.717, 1.165) is 17.1 Å². The number of hydrogen-bond donors (Lipinski definition) is 0. The quantitative estimate of drug-likeness (QED) is 0.129. The molecule has 10 aromatic carbocycles. The zero-order valence-electron chi connectivity index (χ0n) is 32.0. The van der Waals surface area contributed by atoms with Crippen LogP contribution in [0.1, 0.15) is 22.3 Å². The van der Waals surface area contributed by atoms with Crippen LogP contribution in [0.25, 0.3) is 81.9 Å². The van der Waals surface area contributed by atoms with Gasteiger partial charge in [-0.2, -0.15) is 0 Å². The molecule has 0 saturated carbocycles. The third-order valence-electron chi connectivity index (χ3n) is 13.7. The molecule has 2 nitrogen and oxygen atoms in total. The Labute approximate surface area is 340 Å². The standard InChI is InChI=1S/C57H34N2/c1-2-16-39-35(13-1)14-12-26-52(39)58(38-29-32-54-47(34-38)45-30-27-36-15-11-21-44-43-20-6-10-25-53(43)59(54)56(45)55(36)44)37-28-31-51-46(33-37)42-19-5-9-24-50(42)57(51)48-22-7-3-17-40(48)41-18-4-8-23-49(41)57/h1-34H. The lowest BCUT2D eigenvalue weighted by atomic mass is 9.70. The van der Waals surface area contributed by atoms with E-state index in [0.29, 0.717) is 0 Å². The first-order valence-corrected chi connectivity index (χ1v) is 20.6. The smallest absolute Gasteiger partial charge is 0.0725 e. The average molecular weight is 747 g/mol. The molecule has 0 atom stereocenters. The predicted molar refractivity (Wildman–Crippen MR) is 247 cm³/mol. The summed E-state index contributed by atoms with van der Waals surface area (Å²) in [6.45, 7) is 0. The molecule has 2 aromatic heterocycles. The first-order valence-electron chi connectivity index (χ1n) is 20.6. The normalized spacial score (nSPS) is 13.6. The van der Waals surface area contributed by atoms with Gasteiger partial charge in [0.15, 0.2) is 0 Å². The Hall–Kier alpha value is -7.68. The van der Waals surface area contributed by atoms with Crippen LogP contribution in [0, 0.1) is 0 Å². The van der Waals surface area contributed by atoms with E-state index < -0.39 is 0 Å². The SMILES string of the molecule is c1ccc2c(c1)-c1ccccc1C21c2ccccc2-c2cc(N(c3ccc4c(c3)c3ccc5cccc6c7ccccc7n4c3c56)c3cccc4ccccc34)ccc21. The topological polar surface area (TPSA) is 7.65 Å². The number of benzene rings is 10. The Balaban J connectivity index is 1.06. The van der Waals surface area contributed by atoms with E-state index in [4.69, 9.17) is 0 Å². The van der Waals surface area contributed by atoms with Crippen molar-refractivity contribution in [3.05, 3.63) is 229 Å². The predicted octanol–water partition coefficient (Wildman–Crippen LogP) is 15.0. The molecule has 2 heterocycles. The second kappa shape index (κ2) is 11.2. The van der Waals surface area contributed by atoms with Gasteiger partial charge in [0.1, 0.15) is 0 Å². The molecule has 0 unspecified atom stereocenters. The lowest BCUT2D eigenvalue weighted by molar-refractivity contribution is 0.794. The van der Waals surface area contributed by atoms with Crippen molar-refractivity contribution in [1.82, 2.24) is 4.40 Å². The molecule has 0 bridgehead atoms. The van der Waals surface area contributed by atoms with Crippen LogP contribution in [-0.2, 0) is 5.41 Å². The van der Waals surface area contributed by atoms with Crippen molar-refractivity contribution in [1.29, 1.82) is 0 Å². The summed E-state index contributed by atoms with van der Waals surface area (Å²) in [5.74, 6) is 0. The molecule has 0 fully saturated rings. The van der Waals surface area contributed by atoms with Crippen LogP contribution in [0.4, 0.5) is 17.1 Å². The highest BCUT2D eigenvalue weighted by molar-refractivity contribution is 6.28. The van der Waals surface area contributed by atoms with E-state index in [1.165, 1.54) is 104 Å². The van der Waals surface area contributed by atoms with Gasteiger partial charge in [0.2, 0.25) is 0 Å². The number of aromatic nitrogens is 1. The molecule has 1 spiro atoms. The first kappa shape index (κ1) is 31.4. The fraction of sp³-hybridized carbons (Fsp3) is 0.0175. The lowest BCUT2D eigenvalue weighted by Crippen LogP contribution is -2.25. The van der Waals surface area contributed by atoms with Crippen LogP contribution in [0.3, 0.4) is 0 Å². The minimum Gasteiger partial charge on any atom is -0.310 e. The molecule has 272 valence electrons. The number of nitrogens with zero attached hydrogens (tertiary/aromatic N) is 2. The van der Waals surface area contributed by atoms with Crippen LogP contribution in [0.2, 0.25) is 0 Å². The number of hydrogen-bond acceptors (Lipinski definition) is 1. The lowest BCUT2D eigenvalue weighted by Gasteiger charge is -2.31. The number of rotatable bonds is 3. The van der Waals surface area contributed by atoms with Crippen LogP contribution in [0.5, 0.6) is 0 Å². The molecule has 0 saturated heterocycles. The Bertz CT molecular complexity index is 3690. The molecule has 2 aliphatic rings. The van der Waals surface area contributed by atoms with E-state index in [-0.39, 0.29) is 5.41 Å². The summed E-state index contributed by atoms with van der Waals surface area (Å²) in [6.07, 6.45) is 0. The third kappa shape index (κ3) is 3.87. The van der Waals surface area contributed by atoms with Crippen molar-refractivity contribution in [3.8, 4) is 22.3 Å². The van der Waals surface area contributed by atoms with Gasteiger partial charge in [-0.1, -0.05) is 164 Å². The molecular weight excluding hydrogens is 713 g/mol. The van der Waals surface area contributed by atoms with Crippen LogP contribution < -0.4 is 4.90 Å². The van der Waals surface area contributed by atoms with Crippen molar-refractivity contribution >= 4 is 76.7 Å². The molecular formula is C57H34N2. The highest BCUT2D eigenvalue weighted by atomic mass is 15.1. The van der Waals surface area contributed by atoms with Crippen molar-refractivity contribution in [2.24, 2.45) is 0 Å². The number of pyridine rings is 1. The van der Waals surface area contributed by atoms with Gasteiger partial charge in [-0.3, -0.25) is 0 Å². The summed E-state index contributed by atoms with van der Waals surface area (Å²) in [5, 5.41) is 10.2. The largest absolute Gasteiger partial charge is 0.310 e. The maximum absolute atomic E-state index is 2.50. The molecule has 0 aliphatic heterocycles. The summed E-state index contributed by atoms with van der Waals surface area (Å²) in [6, 6.07) is 77.3. The summed E-state index contributed by atoms with van der Waals surface area (Å²) in [4.78, 5) is 2.50. The van der Waals surface area contributed by atoms with E-state index in [1.807, 2.05) is 0 Å². The summed E-state index contributed by atoms with van der Waals surface area (Å²) in [7, 11) is 0. The zero-order valence-corrected chi connectivity index (χ0v) is 32.0. The van der Waals surface area contributed by atoms with E-state index in [1.54, 1.807) is 0 Å². The van der Waals surface area contributed by atoms with Crippen LogP contribution in [0.15, 0.2) is 206 Å². The van der Waals surface area contributed by atoms with E-state index in [2.05, 4.69) is 216 Å². The summed E-state index contributed by atoms with van der Waals surface area (Å²) >= 11 is 0. The monoisotopic (exact) mass is 746 g/mol. The molecule has 12 aromatic rings. The van der Waals surface area contributed by atoms with Gasteiger partial charge < -0.3 is 9.30 Å². The highest BCUT2D eigenvalue weighted by Crippen LogP contribution is 2.63. The molecule has 0 N–H and O–H groups in total. The van der Waals surface area contributed by atoms with Gasteiger partial charge in [-0.25, -0.2) is 0 Å². The zero-order chi connectivity index (χ0) is 38.4. The molecule has 14 rings (SSSR count). The second-order valence-corrected chi connectivity index (χ2v) is 16.4. The Kier molecular flexibility index (Phi) is 5.99. The second-order valence-electron chi connectivity index (χ2n) is 16.4. The Morgan fingerprint density at radius 2 is 0.898 bits per heavy atom. The van der Waals surface area contributed by atoms with Gasteiger partial charge in [-0.15, -0.1) is 0 Å². The van der Waals surface area contributed by atoms with Gasteiger partial charge in [0.05, 0.1) is 27.7 Å². The van der Waals surface area contributed by atoms with Gasteiger partial charge in [0.25, 0.3) is 0 Å². The number of fused-ring (bicyclic) bond motifs is 17. The summed E-state index contributed by atoms with van der Waals surface area (Å²) < 4.78 is 2.50. The maximum Gasteiger partial charge on any atom is 0.0725 e. The molecule has 2 aliphatic carbocycles.